The summed E-state index contributed by atoms with van der Waals surface area (Å²) in [6, 6.07) is 13.3. The molecule has 0 aliphatic carbocycles. The summed E-state index contributed by atoms with van der Waals surface area (Å²) in [4.78, 5) is 14.4. The van der Waals surface area contributed by atoms with E-state index in [-0.39, 0.29) is 5.91 Å². The van der Waals surface area contributed by atoms with Crippen molar-refractivity contribution in [1.29, 1.82) is 0 Å². The number of carbonyl (C=O) groups excluding carboxylic acids is 1. The van der Waals surface area contributed by atoms with Crippen molar-refractivity contribution in [3.8, 4) is 0 Å². The molecule has 2 rings (SSSR count). The van der Waals surface area contributed by atoms with Crippen LogP contribution in [0.3, 0.4) is 0 Å². The molecule has 21 heavy (non-hydrogen) atoms. The van der Waals surface area contributed by atoms with Gasteiger partial charge in [-0.05, 0) is 55.3 Å². The van der Waals surface area contributed by atoms with Gasteiger partial charge in [0.15, 0.2) is 0 Å². The lowest BCUT2D eigenvalue weighted by molar-refractivity contribution is 0.0752. The smallest absolute Gasteiger partial charge is 0.254 e. The van der Waals surface area contributed by atoms with E-state index in [0.717, 1.165) is 21.3 Å². The molecule has 110 valence electrons. The van der Waals surface area contributed by atoms with Gasteiger partial charge in [0.25, 0.3) is 5.91 Å². The summed E-state index contributed by atoms with van der Waals surface area (Å²) in [5.74, 6) is 0.0375. The second kappa shape index (κ2) is 6.76. The van der Waals surface area contributed by atoms with Crippen molar-refractivity contribution in [2.75, 3.05) is 12.3 Å². The van der Waals surface area contributed by atoms with Crippen LogP contribution in [0.1, 0.15) is 28.4 Å². The third-order valence-corrected chi connectivity index (χ3v) is 4.29. The zero-order chi connectivity index (χ0) is 15.4. The number of rotatable bonds is 4. The maximum atomic E-state index is 12.6. The molecule has 0 radical (unpaired) electrons. The molecule has 0 aromatic heterocycles. The quantitative estimate of drug-likeness (QED) is 0.850. The van der Waals surface area contributed by atoms with Crippen molar-refractivity contribution in [1.82, 2.24) is 4.90 Å². The first-order valence-electron chi connectivity index (χ1n) is 6.91. The van der Waals surface area contributed by atoms with Gasteiger partial charge in [-0.1, -0.05) is 28.1 Å². The van der Waals surface area contributed by atoms with Crippen molar-refractivity contribution in [3.05, 3.63) is 63.6 Å². The SMILES string of the molecule is CCN(Cc1cccc(N)c1)C(=O)c1ccc(Br)c(C)c1. The Hall–Kier alpha value is -1.81. The molecular formula is C17H19BrN2O. The van der Waals surface area contributed by atoms with Gasteiger partial charge in [-0.15, -0.1) is 0 Å². The van der Waals surface area contributed by atoms with E-state index in [1.165, 1.54) is 0 Å². The third-order valence-electron chi connectivity index (χ3n) is 3.40. The molecule has 0 aliphatic heterocycles. The predicted octanol–water partition coefficient (Wildman–Crippen LogP) is 4.00. The van der Waals surface area contributed by atoms with Crippen molar-refractivity contribution in [2.24, 2.45) is 0 Å². The first-order chi connectivity index (χ1) is 10.0. The Morgan fingerprint density at radius 2 is 2.00 bits per heavy atom. The first kappa shape index (κ1) is 15.6. The van der Waals surface area contributed by atoms with Crippen LogP contribution < -0.4 is 5.73 Å². The van der Waals surface area contributed by atoms with Crippen LogP contribution in [0.5, 0.6) is 0 Å². The molecule has 0 spiro atoms. The van der Waals surface area contributed by atoms with Crippen molar-refractivity contribution >= 4 is 27.5 Å². The number of nitrogens with zero attached hydrogens (tertiary/aromatic N) is 1. The van der Waals surface area contributed by atoms with Gasteiger partial charge in [-0.2, -0.15) is 0 Å². The summed E-state index contributed by atoms with van der Waals surface area (Å²) >= 11 is 3.46. The monoisotopic (exact) mass is 346 g/mol. The molecule has 2 N–H and O–H groups in total. The molecule has 2 aromatic carbocycles. The van der Waals surface area contributed by atoms with Gasteiger partial charge in [0.05, 0.1) is 0 Å². The molecular weight excluding hydrogens is 328 g/mol. The van der Waals surface area contributed by atoms with Crippen LogP contribution in [0.4, 0.5) is 5.69 Å². The van der Waals surface area contributed by atoms with Gasteiger partial charge in [-0.25, -0.2) is 0 Å². The predicted molar refractivity (Wildman–Crippen MR) is 90.1 cm³/mol. The lowest BCUT2D eigenvalue weighted by atomic mass is 10.1. The van der Waals surface area contributed by atoms with E-state index in [9.17, 15) is 4.79 Å². The molecule has 3 nitrogen and oxygen atoms in total. The minimum atomic E-state index is 0.0375. The standard InChI is InChI=1S/C17H19BrN2O/c1-3-20(11-13-5-4-6-15(19)10-13)17(21)14-7-8-16(18)12(2)9-14/h4-10H,3,11,19H2,1-2H3. The summed E-state index contributed by atoms with van der Waals surface area (Å²) in [5.41, 5.74) is 9.32. The average Bonchev–Trinajstić information content (AvgIpc) is 2.47. The Bertz CT molecular complexity index is 655. The summed E-state index contributed by atoms with van der Waals surface area (Å²) in [6.45, 7) is 5.18. The van der Waals surface area contributed by atoms with Gasteiger partial charge in [0, 0.05) is 28.8 Å². The molecule has 0 unspecified atom stereocenters. The summed E-state index contributed by atoms with van der Waals surface area (Å²) in [7, 11) is 0. The Morgan fingerprint density at radius 1 is 1.24 bits per heavy atom. The van der Waals surface area contributed by atoms with E-state index in [2.05, 4.69) is 15.9 Å². The average molecular weight is 347 g/mol. The topological polar surface area (TPSA) is 46.3 Å². The molecule has 0 aliphatic rings. The van der Waals surface area contributed by atoms with E-state index >= 15 is 0 Å². The Kier molecular flexibility index (Phi) is 5.02. The van der Waals surface area contributed by atoms with Crippen molar-refractivity contribution in [3.63, 3.8) is 0 Å². The van der Waals surface area contributed by atoms with Crippen LogP contribution in [-0.2, 0) is 6.54 Å². The summed E-state index contributed by atoms with van der Waals surface area (Å²) in [6.07, 6.45) is 0. The van der Waals surface area contributed by atoms with Gasteiger partial charge >= 0.3 is 0 Å². The van der Waals surface area contributed by atoms with Crippen molar-refractivity contribution in [2.45, 2.75) is 20.4 Å². The first-order valence-corrected chi connectivity index (χ1v) is 7.70. The number of carbonyl (C=O) groups is 1. The van der Waals surface area contributed by atoms with Crippen LogP contribution in [0, 0.1) is 6.92 Å². The minimum absolute atomic E-state index is 0.0375. The molecule has 0 saturated heterocycles. The Balaban J connectivity index is 2.20. The minimum Gasteiger partial charge on any atom is -0.399 e. The van der Waals surface area contributed by atoms with E-state index in [4.69, 9.17) is 5.73 Å². The van der Waals surface area contributed by atoms with Crippen LogP contribution in [-0.4, -0.2) is 17.4 Å². The fourth-order valence-corrected chi connectivity index (χ4v) is 2.45. The van der Waals surface area contributed by atoms with Gasteiger partial charge < -0.3 is 10.6 Å². The lowest BCUT2D eigenvalue weighted by Gasteiger charge is -2.21. The fourth-order valence-electron chi connectivity index (χ4n) is 2.20. The molecule has 2 aromatic rings. The third kappa shape index (κ3) is 3.85. The fraction of sp³-hybridized carbons (Fsp3) is 0.235. The number of nitrogen functional groups attached to an aromatic ring is 1. The van der Waals surface area contributed by atoms with Crippen LogP contribution in [0.25, 0.3) is 0 Å². The highest BCUT2D eigenvalue weighted by molar-refractivity contribution is 9.10. The normalized spacial score (nSPS) is 10.4. The largest absolute Gasteiger partial charge is 0.399 e. The van der Waals surface area contributed by atoms with Crippen molar-refractivity contribution < 1.29 is 4.79 Å². The van der Waals surface area contributed by atoms with E-state index in [0.29, 0.717) is 18.7 Å². The highest BCUT2D eigenvalue weighted by atomic mass is 79.9. The van der Waals surface area contributed by atoms with E-state index in [1.54, 1.807) is 0 Å². The van der Waals surface area contributed by atoms with E-state index < -0.39 is 0 Å². The summed E-state index contributed by atoms with van der Waals surface area (Å²) in [5, 5.41) is 0. The van der Waals surface area contributed by atoms with Gasteiger partial charge in [0.1, 0.15) is 0 Å². The number of hydrogen-bond acceptors (Lipinski definition) is 2. The second-order valence-electron chi connectivity index (χ2n) is 5.03. The van der Waals surface area contributed by atoms with E-state index in [1.807, 2.05) is 61.2 Å². The van der Waals surface area contributed by atoms with Gasteiger partial charge in [0.2, 0.25) is 0 Å². The zero-order valence-corrected chi connectivity index (χ0v) is 13.9. The Labute approximate surface area is 133 Å². The number of anilines is 1. The van der Waals surface area contributed by atoms with Gasteiger partial charge in [-0.3, -0.25) is 4.79 Å². The number of nitrogens with two attached hydrogens (primary N) is 1. The number of halogens is 1. The highest BCUT2D eigenvalue weighted by Crippen LogP contribution is 2.19. The van der Waals surface area contributed by atoms with Crippen LogP contribution in [0.2, 0.25) is 0 Å². The molecule has 4 heteroatoms. The molecule has 0 heterocycles. The number of hydrogen-bond donors (Lipinski definition) is 1. The zero-order valence-electron chi connectivity index (χ0n) is 12.3. The maximum Gasteiger partial charge on any atom is 0.254 e. The molecule has 0 fully saturated rings. The molecule has 0 atom stereocenters. The number of amides is 1. The molecule has 1 amide bonds. The molecule has 0 bridgehead atoms. The van der Waals surface area contributed by atoms with Crippen LogP contribution >= 0.6 is 15.9 Å². The second-order valence-corrected chi connectivity index (χ2v) is 5.88. The lowest BCUT2D eigenvalue weighted by Crippen LogP contribution is -2.30. The van der Waals surface area contributed by atoms with Crippen LogP contribution in [0.15, 0.2) is 46.9 Å². The highest BCUT2D eigenvalue weighted by Gasteiger charge is 2.15. The molecule has 0 saturated carbocycles. The number of benzene rings is 2. The maximum absolute atomic E-state index is 12.6. The number of aryl methyl sites for hydroxylation is 1. The summed E-state index contributed by atoms with van der Waals surface area (Å²) < 4.78 is 1.01. The Morgan fingerprint density at radius 3 is 2.62 bits per heavy atom.